The Morgan fingerprint density at radius 3 is 2.76 bits per heavy atom. The van der Waals surface area contributed by atoms with Gasteiger partial charge in [-0.2, -0.15) is 4.98 Å². The Labute approximate surface area is 151 Å². The van der Waals surface area contributed by atoms with Gasteiger partial charge in [-0.15, -0.1) is 0 Å². The van der Waals surface area contributed by atoms with Crippen LogP contribution >= 0.6 is 11.6 Å². The Kier molecular flexibility index (Phi) is 6.92. The first-order chi connectivity index (χ1) is 11.9. The van der Waals surface area contributed by atoms with E-state index >= 15 is 0 Å². The molecule has 2 rings (SSSR count). The van der Waals surface area contributed by atoms with E-state index in [1.165, 1.54) is 0 Å². The van der Waals surface area contributed by atoms with E-state index in [1.807, 2.05) is 4.90 Å². The summed E-state index contributed by atoms with van der Waals surface area (Å²) in [6.45, 7) is 4.09. The molecular formula is C16H23ClN4O4. The Bertz CT molecular complexity index is 622. The van der Waals surface area contributed by atoms with Gasteiger partial charge in [0.2, 0.25) is 11.1 Å². The zero-order valence-corrected chi connectivity index (χ0v) is 15.2. The van der Waals surface area contributed by atoms with Crippen molar-refractivity contribution >= 4 is 29.1 Å². The van der Waals surface area contributed by atoms with Crippen LogP contribution in [0.3, 0.4) is 0 Å². The summed E-state index contributed by atoms with van der Waals surface area (Å²) >= 11 is 5.89. The van der Waals surface area contributed by atoms with Gasteiger partial charge in [0.1, 0.15) is 6.20 Å². The van der Waals surface area contributed by atoms with E-state index in [1.54, 1.807) is 13.8 Å². The molecule has 1 aromatic heterocycles. The SMILES string of the molecule is CCOC(=O)C(C)CN(c1nc(Cl)ncc1[N+](=O)[O-])C1CCCCC1. The molecule has 0 radical (unpaired) electrons. The molecular weight excluding hydrogens is 348 g/mol. The quantitative estimate of drug-likeness (QED) is 0.314. The van der Waals surface area contributed by atoms with Crippen molar-refractivity contribution in [3.05, 3.63) is 21.6 Å². The number of carbonyl (C=O) groups excluding carboxylic acids is 1. The summed E-state index contributed by atoms with van der Waals surface area (Å²) in [5, 5.41) is 11.4. The smallest absolute Gasteiger partial charge is 0.329 e. The number of carbonyl (C=O) groups is 1. The first kappa shape index (κ1) is 19.4. The van der Waals surface area contributed by atoms with Crippen molar-refractivity contribution in [3.63, 3.8) is 0 Å². The average Bonchev–Trinajstić information content (AvgIpc) is 2.60. The lowest BCUT2D eigenvalue weighted by atomic mass is 9.93. The van der Waals surface area contributed by atoms with Gasteiger partial charge in [0.05, 0.1) is 17.4 Å². The fourth-order valence-corrected chi connectivity index (χ4v) is 3.27. The fourth-order valence-electron chi connectivity index (χ4n) is 3.14. The molecule has 1 saturated carbocycles. The Morgan fingerprint density at radius 1 is 1.48 bits per heavy atom. The Morgan fingerprint density at radius 2 is 2.16 bits per heavy atom. The monoisotopic (exact) mass is 370 g/mol. The third-order valence-electron chi connectivity index (χ3n) is 4.36. The van der Waals surface area contributed by atoms with Gasteiger partial charge in [-0.3, -0.25) is 14.9 Å². The van der Waals surface area contributed by atoms with Crippen LogP contribution in [0.15, 0.2) is 6.20 Å². The second-order valence-electron chi connectivity index (χ2n) is 6.20. The normalized spacial score (nSPS) is 16.3. The highest BCUT2D eigenvalue weighted by Gasteiger charge is 2.32. The molecule has 9 heteroatoms. The highest BCUT2D eigenvalue weighted by atomic mass is 35.5. The molecule has 1 aliphatic rings. The number of halogens is 1. The molecule has 0 saturated heterocycles. The van der Waals surface area contributed by atoms with Gasteiger partial charge in [0, 0.05) is 12.6 Å². The molecule has 1 fully saturated rings. The van der Waals surface area contributed by atoms with Crippen LogP contribution in [-0.2, 0) is 9.53 Å². The van der Waals surface area contributed by atoms with E-state index in [-0.39, 0.29) is 35.3 Å². The lowest BCUT2D eigenvalue weighted by molar-refractivity contribution is -0.384. The van der Waals surface area contributed by atoms with Crippen molar-refractivity contribution in [2.75, 3.05) is 18.1 Å². The van der Waals surface area contributed by atoms with E-state index in [2.05, 4.69) is 9.97 Å². The van der Waals surface area contributed by atoms with Crippen LogP contribution in [0.1, 0.15) is 46.0 Å². The summed E-state index contributed by atoms with van der Waals surface area (Å²) in [5.74, 6) is -0.589. The predicted molar refractivity (Wildman–Crippen MR) is 93.7 cm³/mol. The number of nitrogens with zero attached hydrogens (tertiary/aromatic N) is 4. The first-order valence-corrected chi connectivity index (χ1v) is 8.92. The van der Waals surface area contributed by atoms with Gasteiger partial charge in [0.15, 0.2) is 0 Å². The van der Waals surface area contributed by atoms with Crippen LogP contribution in [0.5, 0.6) is 0 Å². The number of ether oxygens (including phenoxy) is 1. The minimum Gasteiger partial charge on any atom is -0.466 e. The zero-order chi connectivity index (χ0) is 18.4. The second kappa shape index (κ2) is 8.94. The molecule has 1 atom stereocenters. The van der Waals surface area contributed by atoms with Crippen molar-refractivity contribution < 1.29 is 14.5 Å². The van der Waals surface area contributed by atoms with Crippen LogP contribution in [0, 0.1) is 16.0 Å². The molecule has 8 nitrogen and oxygen atoms in total. The van der Waals surface area contributed by atoms with Crippen LogP contribution in [0.2, 0.25) is 5.28 Å². The molecule has 0 amide bonds. The maximum absolute atomic E-state index is 12.0. The summed E-state index contributed by atoms with van der Waals surface area (Å²) < 4.78 is 5.07. The van der Waals surface area contributed by atoms with E-state index in [9.17, 15) is 14.9 Å². The van der Waals surface area contributed by atoms with Gasteiger partial charge < -0.3 is 9.64 Å². The molecule has 0 bridgehead atoms. The molecule has 1 heterocycles. The number of esters is 1. The van der Waals surface area contributed by atoms with Crippen LogP contribution in [0.4, 0.5) is 11.5 Å². The van der Waals surface area contributed by atoms with Gasteiger partial charge in [-0.1, -0.05) is 26.2 Å². The molecule has 0 aliphatic heterocycles. The van der Waals surface area contributed by atoms with E-state index in [0.717, 1.165) is 38.3 Å². The van der Waals surface area contributed by atoms with Gasteiger partial charge in [-0.05, 0) is 31.4 Å². The standard InChI is InChI=1S/C16H23ClN4O4/c1-3-25-15(22)11(2)10-20(12-7-5-4-6-8-12)14-13(21(23)24)9-18-16(17)19-14/h9,11-12H,3-8,10H2,1-2H3. The van der Waals surface area contributed by atoms with Gasteiger partial charge in [-0.25, -0.2) is 4.98 Å². The number of hydrogen-bond acceptors (Lipinski definition) is 7. The molecule has 0 N–H and O–H groups in total. The van der Waals surface area contributed by atoms with Crippen LogP contribution in [-0.4, -0.2) is 40.1 Å². The summed E-state index contributed by atoms with van der Waals surface area (Å²) in [7, 11) is 0. The van der Waals surface area contributed by atoms with Crippen LogP contribution in [0.25, 0.3) is 0 Å². The third kappa shape index (κ3) is 5.01. The number of nitro groups is 1. The lowest BCUT2D eigenvalue weighted by Crippen LogP contribution is -2.42. The zero-order valence-electron chi connectivity index (χ0n) is 14.5. The maximum atomic E-state index is 12.0. The van der Waals surface area contributed by atoms with Crippen LogP contribution < -0.4 is 4.90 Å². The molecule has 0 aromatic carbocycles. The first-order valence-electron chi connectivity index (χ1n) is 8.54. The molecule has 25 heavy (non-hydrogen) atoms. The number of aromatic nitrogens is 2. The summed E-state index contributed by atoms with van der Waals surface area (Å²) in [6, 6.07) is 0.0790. The van der Waals surface area contributed by atoms with Crippen molar-refractivity contribution in [1.82, 2.24) is 9.97 Å². The van der Waals surface area contributed by atoms with Gasteiger partial charge in [0.25, 0.3) is 0 Å². The van der Waals surface area contributed by atoms with Gasteiger partial charge >= 0.3 is 11.7 Å². The molecule has 0 spiro atoms. The topological polar surface area (TPSA) is 98.5 Å². The lowest BCUT2D eigenvalue weighted by Gasteiger charge is -2.36. The molecule has 1 aromatic rings. The summed E-state index contributed by atoms with van der Waals surface area (Å²) in [6.07, 6.45) is 6.14. The van der Waals surface area contributed by atoms with Crippen molar-refractivity contribution in [2.45, 2.75) is 52.0 Å². The van der Waals surface area contributed by atoms with E-state index < -0.39 is 10.8 Å². The summed E-state index contributed by atoms with van der Waals surface area (Å²) in [4.78, 5) is 32.6. The predicted octanol–water partition coefficient (Wildman–Crippen LogP) is 3.38. The minimum atomic E-state index is -0.517. The minimum absolute atomic E-state index is 0.0507. The fraction of sp³-hybridized carbons (Fsp3) is 0.688. The van der Waals surface area contributed by atoms with Crippen molar-refractivity contribution in [2.24, 2.45) is 5.92 Å². The highest BCUT2D eigenvalue weighted by Crippen LogP contribution is 2.33. The number of anilines is 1. The molecule has 138 valence electrons. The second-order valence-corrected chi connectivity index (χ2v) is 6.54. The van der Waals surface area contributed by atoms with E-state index in [0.29, 0.717) is 6.61 Å². The maximum Gasteiger partial charge on any atom is 0.329 e. The van der Waals surface area contributed by atoms with Crippen molar-refractivity contribution in [1.29, 1.82) is 0 Å². The molecule has 1 unspecified atom stereocenters. The summed E-state index contributed by atoms with van der Waals surface area (Å²) in [5.41, 5.74) is -0.203. The Balaban J connectivity index is 2.36. The van der Waals surface area contributed by atoms with Crippen molar-refractivity contribution in [3.8, 4) is 0 Å². The number of rotatable bonds is 7. The average molecular weight is 371 g/mol. The Hall–Kier alpha value is -1.96. The largest absolute Gasteiger partial charge is 0.466 e. The van der Waals surface area contributed by atoms with E-state index in [4.69, 9.17) is 16.3 Å². The number of hydrogen-bond donors (Lipinski definition) is 0. The molecule has 1 aliphatic carbocycles. The highest BCUT2D eigenvalue weighted by molar-refractivity contribution is 6.28. The third-order valence-corrected chi connectivity index (χ3v) is 4.55.